The Morgan fingerprint density at radius 1 is 1.28 bits per heavy atom. The minimum absolute atomic E-state index is 0.443. The van der Waals surface area contributed by atoms with Crippen LogP contribution in [0.1, 0.15) is 37.6 Å². The first kappa shape index (κ1) is 14.0. The Hall–Kier alpha value is -2.04. The monoisotopic (exact) mass is 248 g/mol. The van der Waals surface area contributed by atoms with Crippen LogP contribution in [0.25, 0.3) is 0 Å². The minimum Gasteiger partial charge on any atom is -0.436 e. The smallest absolute Gasteiger partial charge is 0.304 e. The van der Waals surface area contributed by atoms with Gasteiger partial charge in [-0.25, -0.2) is 0 Å². The summed E-state index contributed by atoms with van der Waals surface area (Å²) in [6.07, 6.45) is 0.443. The van der Waals surface area contributed by atoms with Crippen LogP contribution in [0.15, 0.2) is 40.6 Å². The van der Waals surface area contributed by atoms with Crippen molar-refractivity contribution in [3.8, 4) is 0 Å². The zero-order chi connectivity index (χ0) is 13.6. The molecular formula is C13H16N2O3. The van der Waals surface area contributed by atoms with E-state index in [2.05, 4.69) is 10.2 Å². The largest absolute Gasteiger partial charge is 0.436 e. The van der Waals surface area contributed by atoms with E-state index in [-0.39, 0.29) is 0 Å². The van der Waals surface area contributed by atoms with Gasteiger partial charge in [0.1, 0.15) is 0 Å². The second-order valence-electron chi connectivity index (χ2n) is 3.99. The molecule has 0 aliphatic heterocycles. The summed E-state index contributed by atoms with van der Waals surface area (Å²) in [4.78, 5) is 22.6. The second kappa shape index (κ2) is 6.05. The van der Waals surface area contributed by atoms with E-state index in [1.54, 1.807) is 38.1 Å². The van der Waals surface area contributed by atoms with Crippen molar-refractivity contribution < 1.29 is 14.3 Å². The Labute approximate surface area is 106 Å². The summed E-state index contributed by atoms with van der Waals surface area (Å²) in [5.74, 6) is -0.909. The fraction of sp³-hybridized carbons (Fsp3) is 0.385. The minimum atomic E-state index is -1.09. The van der Waals surface area contributed by atoms with Crippen LogP contribution in [0.4, 0.5) is 0 Å². The van der Waals surface area contributed by atoms with Crippen molar-refractivity contribution in [2.24, 2.45) is 10.2 Å². The standard InChI is InChI=1S/C13H16N2O3/c1-4-13(3,18-10(2)16)15-14-12(17)11-8-6-5-7-9-11/h5-9H,4H2,1-3H3/b15-14+. The number of rotatable bonds is 4. The van der Waals surface area contributed by atoms with Crippen LogP contribution in [-0.2, 0) is 9.53 Å². The molecule has 0 radical (unpaired) electrons. The van der Waals surface area contributed by atoms with Crippen molar-refractivity contribution in [1.29, 1.82) is 0 Å². The summed E-state index contributed by atoms with van der Waals surface area (Å²) in [5.41, 5.74) is -0.640. The highest BCUT2D eigenvalue weighted by molar-refractivity contribution is 5.94. The molecule has 96 valence electrons. The predicted octanol–water partition coefficient (Wildman–Crippen LogP) is 2.97. The third kappa shape index (κ3) is 4.08. The first-order chi connectivity index (χ1) is 8.47. The van der Waals surface area contributed by atoms with E-state index in [0.717, 1.165) is 0 Å². The predicted molar refractivity (Wildman–Crippen MR) is 66.1 cm³/mol. The summed E-state index contributed by atoms with van der Waals surface area (Å²) in [5, 5.41) is 7.42. The lowest BCUT2D eigenvalue weighted by Crippen LogP contribution is -2.27. The zero-order valence-electron chi connectivity index (χ0n) is 10.7. The molecular weight excluding hydrogens is 232 g/mol. The number of esters is 1. The lowest BCUT2D eigenvalue weighted by molar-refractivity contribution is -0.155. The van der Waals surface area contributed by atoms with Crippen molar-refractivity contribution >= 4 is 11.9 Å². The maximum absolute atomic E-state index is 11.7. The first-order valence-electron chi connectivity index (χ1n) is 5.69. The normalized spacial score (nSPS) is 14.2. The molecule has 0 N–H and O–H groups in total. The molecule has 1 aromatic carbocycles. The number of ether oxygens (including phenoxy) is 1. The summed E-state index contributed by atoms with van der Waals surface area (Å²) < 4.78 is 5.02. The third-order valence-electron chi connectivity index (χ3n) is 2.39. The van der Waals surface area contributed by atoms with Gasteiger partial charge in [0.25, 0.3) is 5.91 Å². The van der Waals surface area contributed by atoms with Gasteiger partial charge in [-0.15, -0.1) is 10.2 Å². The van der Waals surface area contributed by atoms with E-state index in [9.17, 15) is 9.59 Å². The van der Waals surface area contributed by atoms with Crippen molar-refractivity contribution in [2.75, 3.05) is 0 Å². The number of hydrogen-bond acceptors (Lipinski definition) is 4. The van der Waals surface area contributed by atoms with Crippen molar-refractivity contribution in [3.05, 3.63) is 35.9 Å². The summed E-state index contributed by atoms with van der Waals surface area (Å²) >= 11 is 0. The number of azo groups is 1. The van der Waals surface area contributed by atoms with Crippen LogP contribution in [-0.4, -0.2) is 17.6 Å². The molecule has 0 bridgehead atoms. The first-order valence-corrected chi connectivity index (χ1v) is 5.69. The van der Waals surface area contributed by atoms with Gasteiger partial charge in [-0.05, 0) is 19.1 Å². The zero-order valence-corrected chi connectivity index (χ0v) is 10.7. The molecule has 0 saturated heterocycles. The van der Waals surface area contributed by atoms with Crippen LogP contribution in [0.2, 0.25) is 0 Å². The number of amides is 1. The van der Waals surface area contributed by atoms with Gasteiger partial charge in [-0.3, -0.25) is 9.59 Å². The maximum atomic E-state index is 11.7. The van der Waals surface area contributed by atoms with E-state index >= 15 is 0 Å². The van der Waals surface area contributed by atoms with Crippen LogP contribution in [0, 0.1) is 0 Å². The molecule has 0 fully saturated rings. The van der Waals surface area contributed by atoms with E-state index in [4.69, 9.17) is 4.74 Å². The van der Waals surface area contributed by atoms with Gasteiger partial charge in [0.15, 0.2) is 0 Å². The van der Waals surface area contributed by atoms with Gasteiger partial charge in [0, 0.05) is 18.9 Å². The highest BCUT2D eigenvalue weighted by Gasteiger charge is 2.25. The average Bonchev–Trinajstić information content (AvgIpc) is 2.36. The number of hydrogen-bond donors (Lipinski definition) is 0. The molecule has 1 amide bonds. The SMILES string of the molecule is CCC(C)(/N=N/C(=O)c1ccccc1)OC(C)=O. The molecule has 1 unspecified atom stereocenters. The molecule has 1 rings (SSSR count). The number of benzene rings is 1. The summed E-state index contributed by atoms with van der Waals surface area (Å²) in [7, 11) is 0. The van der Waals surface area contributed by atoms with E-state index in [1.165, 1.54) is 6.92 Å². The van der Waals surface area contributed by atoms with E-state index < -0.39 is 17.6 Å². The molecule has 0 spiro atoms. The van der Waals surface area contributed by atoms with Crippen LogP contribution >= 0.6 is 0 Å². The van der Waals surface area contributed by atoms with Gasteiger partial charge in [-0.1, -0.05) is 25.1 Å². The third-order valence-corrected chi connectivity index (χ3v) is 2.39. The Morgan fingerprint density at radius 3 is 2.39 bits per heavy atom. The molecule has 0 saturated carbocycles. The molecule has 18 heavy (non-hydrogen) atoms. The number of nitrogens with zero attached hydrogens (tertiary/aromatic N) is 2. The van der Waals surface area contributed by atoms with E-state index in [0.29, 0.717) is 12.0 Å². The lowest BCUT2D eigenvalue weighted by atomic mass is 10.2. The van der Waals surface area contributed by atoms with E-state index in [1.807, 2.05) is 6.07 Å². The van der Waals surface area contributed by atoms with Crippen molar-refractivity contribution in [1.82, 2.24) is 0 Å². The maximum Gasteiger partial charge on any atom is 0.304 e. The number of carbonyl (C=O) groups is 2. The summed E-state index contributed by atoms with van der Waals surface area (Å²) in [6.45, 7) is 4.70. The Kier molecular flexibility index (Phi) is 4.71. The van der Waals surface area contributed by atoms with Crippen LogP contribution in [0.5, 0.6) is 0 Å². The quantitative estimate of drug-likeness (QED) is 0.607. The topological polar surface area (TPSA) is 68.1 Å². The summed E-state index contributed by atoms with van der Waals surface area (Å²) in [6, 6.07) is 8.59. The van der Waals surface area contributed by atoms with Gasteiger partial charge in [0.2, 0.25) is 5.72 Å². The second-order valence-corrected chi connectivity index (χ2v) is 3.99. The number of carbonyl (C=O) groups excluding carboxylic acids is 2. The van der Waals surface area contributed by atoms with Gasteiger partial charge >= 0.3 is 5.97 Å². The molecule has 0 aliphatic carbocycles. The van der Waals surface area contributed by atoms with Gasteiger partial charge in [0.05, 0.1) is 0 Å². The van der Waals surface area contributed by atoms with Gasteiger partial charge < -0.3 is 4.74 Å². The average molecular weight is 248 g/mol. The van der Waals surface area contributed by atoms with Gasteiger partial charge in [-0.2, -0.15) is 0 Å². The van der Waals surface area contributed by atoms with Crippen LogP contribution < -0.4 is 0 Å². The van der Waals surface area contributed by atoms with Crippen molar-refractivity contribution in [2.45, 2.75) is 32.9 Å². The highest BCUT2D eigenvalue weighted by atomic mass is 16.6. The Morgan fingerprint density at radius 2 is 1.89 bits per heavy atom. The molecule has 5 nitrogen and oxygen atoms in total. The molecule has 0 heterocycles. The lowest BCUT2D eigenvalue weighted by Gasteiger charge is -2.21. The van der Waals surface area contributed by atoms with Crippen molar-refractivity contribution in [3.63, 3.8) is 0 Å². The Balaban J connectivity index is 2.79. The molecule has 1 aromatic rings. The van der Waals surface area contributed by atoms with Crippen LogP contribution in [0.3, 0.4) is 0 Å². The molecule has 0 aromatic heterocycles. The highest BCUT2D eigenvalue weighted by Crippen LogP contribution is 2.18. The molecule has 1 atom stereocenters. The fourth-order valence-electron chi connectivity index (χ4n) is 1.26. The molecule has 0 aliphatic rings. The Bertz CT molecular complexity index is 457. The fourth-order valence-corrected chi connectivity index (χ4v) is 1.26. The molecule has 5 heteroatoms.